The second-order valence-electron chi connectivity index (χ2n) is 3.88. The first-order valence-electron chi connectivity index (χ1n) is 5.69. The molecule has 2 nitrogen and oxygen atoms in total. The summed E-state index contributed by atoms with van der Waals surface area (Å²) in [5, 5.41) is 0. The lowest BCUT2D eigenvalue weighted by Gasteiger charge is -2.27. The molecule has 14 heavy (non-hydrogen) atoms. The average molecular weight is 198 g/mol. The first-order chi connectivity index (χ1) is 6.77. The van der Waals surface area contributed by atoms with Gasteiger partial charge in [-0.2, -0.15) is 0 Å². The van der Waals surface area contributed by atoms with E-state index in [1.54, 1.807) is 0 Å². The summed E-state index contributed by atoms with van der Waals surface area (Å²) in [5.41, 5.74) is 0. The third-order valence-electron chi connectivity index (χ3n) is 2.65. The van der Waals surface area contributed by atoms with Crippen LogP contribution >= 0.6 is 0 Å². The summed E-state index contributed by atoms with van der Waals surface area (Å²) in [6.45, 7) is 7.74. The third kappa shape index (κ3) is 3.43. The minimum absolute atomic E-state index is 0.0336. The van der Waals surface area contributed by atoms with Crippen LogP contribution in [0, 0.1) is 11.8 Å². The van der Waals surface area contributed by atoms with Crippen molar-refractivity contribution in [2.75, 3.05) is 13.2 Å². The monoisotopic (exact) mass is 198 g/mol. The lowest BCUT2D eigenvalue weighted by molar-refractivity contribution is -0.159. The Hall–Kier alpha value is -0.340. The van der Waals surface area contributed by atoms with Crippen LogP contribution in [0.4, 0.5) is 0 Å². The van der Waals surface area contributed by atoms with Crippen molar-refractivity contribution in [3.05, 3.63) is 12.2 Å². The van der Waals surface area contributed by atoms with Gasteiger partial charge in [0.05, 0.1) is 0 Å². The van der Waals surface area contributed by atoms with Crippen molar-refractivity contribution in [1.82, 2.24) is 0 Å². The lowest BCUT2D eigenvalue weighted by Crippen LogP contribution is -2.28. The highest BCUT2D eigenvalue weighted by Gasteiger charge is 2.22. The molecule has 1 rings (SSSR count). The smallest absolute Gasteiger partial charge is 0.163 e. The van der Waals surface area contributed by atoms with Crippen LogP contribution < -0.4 is 0 Å². The van der Waals surface area contributed by atoms with Crippen LogP contribution in [-0.2, 0) is 9.47 Å². The number of hydrogen-bond acceptors (Lipinski definition) is 2. The zero-order chi connectivity index (χ0) is 10.4. The van der Waals surface area contributed by atoms with E-state index in [1.807, 2.05) is 13.8 Å². The van der Waals surface area contributed by atoms with E-state index in [9.17, 15) is 0 Å². The molecule has 0 aromatic carbocycles. The number of hydrogen-bond donors (Lipinski definition) is 0. The summed E-state index contributed by atoms with van der Waals surface area (Å²) in [6, 6.07) is 0. The van der Waals surface area contributed by atoms with Gasteiger partial charge in [-0.3, -0.25) is 0 Å². The van der Waals surface area contributed by atoms with Gasteiger partial charge in [-0.05, 0) is 32.6 Å². The molecular formula is C12H22O2. The Morgan fingerprint density at radius 2 is 1.79 bits per heavy atom. The summed E-state index contributed by atoms with van der Waals surface area (Å²) in [5.74, 6) is 1.17. The lowest BCUT2D eigenvalue weighted by atomic mass is 9.89. The molecule has 0 saturated carbocycles. The van der Waals surface area contributed by atoms with Crippen molar-refractivity contribution in [2.45, 2.75) is 39.9 Å². The molecule has 0 amide bonds. The predicted molar refractivity (Wildman–Crippen MR) is 58.1 cm³/mol. The third-order valence-corrected chi connectivity index (χ3v) is 2.65. The van der Waals surface area contributed by atoms with Crippen molar-refractivity contribution < 1.29 is 9.47 Å². The van der Waals surface area contributed by atoms with Crippen LogP contribution in [0.1, 0.15) is 33.6 Å². The molecule has 0 bridgehead atoms. The van der Waals surface area contributed by atoms with Crippen LogP contribution in [0.15, 0.2) is 12.2 Å². The van der Waals surface area contributed by atoms with E-state index in [1.165, 1.54) is 12.8 Å². The summed E-state index contributed by atoms with van der Waals surface area (Å²) in [7, 11) is 0. The molecule has 0 aliphatic heterocycles. The maximum Gasteiger partial charge on any atom is 0.163 e. The predicted octanol–water partition coefficient (Wildman–Crippen LogP) is 2.99. The van der Waals surface area contributed by atoms with Gasteiger partial charge in [-0.25, -0.2) is 0 Å². The highest BCUT2D eigenvalue weighted by Crippen LogP contribution is 2.26. The Morgan fingerprint density at radius 1 is 1.14 bits per heavy atom. The van der Waals surface area contributed by atoms with Crippen LogP contribution in [-0.4, -0.2) is 19.5 Å². The molecule has 1 aliphatic rings. The van der Waals surface area contributed by atoms with Gasteiger partial charge in [0, 0.05) is 19.1 Å². The maximum atomic E-state index is 5.58. The summed E-state index contributed by atoms with van der Waals surface area (Å²) < 4.78 is 11.2. The molecule has 2 atom stereocenters. The van der Waals surface area contributed by atoms with Crippen molar-refractivity contribution in [2.24, 2.45) is 11.8 Å². The Labute approximate surface area is 87.3 Å². The minimum atomic E-state index is -0.0336. The number of allylic oxidation sites excluding steroid dienone is 1. The molecule has 0 radical (unpaired) electrons. The average Bonchev–Trinajstić information content (AvgIpc) is 2.19. The van der Waals surface area contributed by atoms with Crippen molar-refractivity contribution >= 4 is 0 Å². The van der Waals surface area contributed by atoms with E-state index in [0.29, 0.717) is 5.92 Å². The summed E-state index contributed by atoms with van der Waals surface area (Å²) in [6.07, 6.45) is 6.93. The van der Waals surface area contributed by atoms with Gasteiger partial charge in [0.1, 0.15) is 0 Å². The summed E-state index contributed by atoms with van der Waals surface area (Å²) in [4.78, 5) is 0. The number of ether oxygens (including phenoxy) is 2. The van der Waals surface area contributed by atoms with E-state index >= 15 is 0 Å². The molecule has 0 saturated heterocycles. The Bertz CT molecular complexity index is 171. The molecule has 82 valence electrons. The fourth-order valence-electron chi connectivity index (χ4n) is 1.83. The van der Waals surface area contributed by atoms with Gasteiger partial charge in [-0.15, -0.1) is 0 Å². The van der Waals surface area contributed by atoms with E-state index in [4.69, 9.17) is 9.47 Å². The number of rotatable bonds is 5. The maximum absolute atomic E-state index is 5.58. The Balaban J connectivity index is 2.46. The second-order valence-corrected chi connectivity index (χ2v) is 3.88. The van der Waals surface area contributed by atoms with E-state index in [0.717, 1.165) is 19.1 Å². The van der Waals surface area contributed by atoms with Crippen LogP contribution in [0.5, 0.6) is 0 Å². The van der Waals surface area contributed by atoms with Crippen LogP contribution in [0.3, 0.4) is 0 Å². The van der Waals surface area contributed by atoms with Crippen molar-refractivity contribution in [3.63, 3.8) is 0 Å². The largest absolute Gasteiger partial charge is 0.352 e. The molecule has 0 N–H and O–H groups in total. The highest BCUT2D eigenvalue weighted by atomic mass is 16.7. The van der Waals surface area contributed by atoms with Gasteiger partial charge < -0.3 is 9.47 Å². The molecule has 0 aromatic heterocycles. The fourth-order valence-corrected chi connectivity index (χ4v) is 1.83. The van der Waals surface area contributed by atoms with Crippen molar-refractivity contribution in [3.8, 4) is 0 Å². The topological polar surface area (TPSA) is 18.5 Å². The van der Waals surface area contributed by atoms with Crippen molar-refractivity contribution in [1.29, 1.82) is 0 Å². The Morgan fingerprint density at radius 3 is 2.21 bits per heavy atom. The first-order valence-corrected chi connectivity index (χ1v) is 5.69. The SMILES string of the molecule is CCOC(OCC)C1C=CC(C)CC1. The molecular weight excluding hydrogens is 176 g/mol. The molecule has 0 aromatic rings. The van der Waals surface area contributed by atoms with Gasteiger partial charge in [-0.1, -0.05) is 19.1 Å². The fraction of sp³-hybridized carbons (Fsp3) is 0.833. The van der Waals surface area contributed by atoms with E-state index in [-0.39, 0.29) is 6.29 Å². The first kappa shape index (κ1) is 11.7. The molecule has 0 fully saturated rings. The van der Waals surface area contributed by atoms with Crippen LogP contribution in [0.2, 0.25) is 0 Å². The van der Waals surface area contributed by atoms with Gasteiger partial charge >= 0.3 is 0 Å². The highest BCUT2D eigenvalue weighted by molar-refractivity contribution is 4.97. The summed E-state index contributed by atoms with van der Waals surface area (Å²) >= 11 is 0. The normalized spacial score (nSPS) is 27.1. The molecule has 0 heterocycles. The van der Waals surface area contributed by atoms with Crippen LogP contribution in [0.25, 0.3) is 0 Å². The van der Waals surface area contributed by atoms with E-state index in [2.05, 4.69) is 19.1 Å². The van der Waals surface area contributed by atoms with Gasteiger partial charge in [0.15, 0.2) is 6.29 Å². The van der Waals surface area contributed by atoms with Gasteiger partial charge in [0.25, 0.3) is 0 Å². The molecule has 2 unspecified atom stereocenters. The zero-order valence-corrected chi connectivity index (χ0v) is 9.53. The van der Waals surface area contributed by atoms with E-state index < -0.39 is 0 Å². The second kappa shape index (κ2) is 6.20. The Kier molecular flexibility index (Phi) is 5.20. The molecule has 2 heteroatoms. The standard InChI is InChI=1S/C12H22O2/c1-4-13-12(14-5-2)11-8-6-10(3)7-9-11/h6,8,10-12H,4-5,7,9H2,1-3H3. The zero-order valence-electron chi connectivity index (χ0n) is 9.53. The molecule has 0 spiro atoms. The molecule has 1 aliphatic carbocycles. The minimum Gasteiger partial charge on any atom is -0.352 e. The van der Waals surface area contributed by atoms with Gasteiger partial charge in [0.2, 0.25) is 0 Å². The quantitative estimate of drug-likeness (QED) is 0.499.